The number of carboxylic acids is 2. The average molecular weight is 691 g/mol. The number of hydrogen-bond acceptors (Lipinski definition) is 2. The number of halogens is 10. The van der Waals surface area contributed by atoms with E-state index in [9.17, 15) is 19.8 Å². The molecular weight excluding hydrogens is 683 g/mol. The first-order valence-electron chi connectivity index (χ1n) is 9.27. The van der Waals surface area contributed by atoms with Gasteiger partial charge in [0.1, 0.15) is 0 Å². The highest BCUT2D eigenvalue weighted by Gasteiger charge is 2.57. The van der Waals surface area contributed by atoms with Crippen LogP contribution >= 0.6 is 116 Å². The normalized spacial score (nSPS) is 11.8. The molecule has 14 heteroatoms. The number of carbonyl (C=O) groups is 2. The maximum absolute atomic E-state index is 12.7. The van der Waals surface area contributed by atoms with Gasteiger partial charge in [0.05, 0.1) is 55.6 Å². The van der Waals surface area contributed by atoms with Gasteiger partial charge < -0.3 is 10.2 Å². The average Bonchev–Trinajstić information content (AvgIpc) is 2.83. The zero-order chi connectivity index (χ0) is 27.3. The van der Waals surface area contributed by atoms with Gasteiger partial charge in [0.15, 0.2) is 5.92 Å². The van der Waals surface area contributed by atoms with Crippen molar-refractivity contribution in [2.24, 2.45) is 5.92 Å². The lowest BCUT2D eigenvalue weighted by molar-refractivity contribution is -0.156. The Morgan fingerprint density at radius 1 is 0.528 bits per heavy atom. The number of benzene rings is 3. The highest BCUT2D eigenvalue weighted by Crippen LogP contribution is 2.60. The highest BCUT2D eigenvalue weighted by atomic mass is 35.5. The van der Waals surface area contributed by atoms with Gasteiger partial charge in [-0.1, -0.05) is 146 Å². The first-order valence-corrected chi connectivity index (χ1v) is 13.1. The Hall–Kier alpha value is -0.500. The zero-order valence-corrected chi connectivity index (χ0v) is 24.5. The summed E-state index contributed by atoms with van der Waals surface area (Å²) < 4.78 is 0. The van der Waals surface area contributed by atoms with Crippen LogP contribution in [0.15, 0.2) is 30.3 Å². The Bertz CT molecular complexity index is 1270. The van der Waals surface area contributed by atoms with Gasteiger partial charge in [-0.25, -0.2) is 0 Å². The van der Waals surface area contributed by atoms with Crippen LogP contribution in [0.25, 0.3) is 0 Å². The summed E-state index contributed by atoms with van der Waals surface area (Å²) in [4.78, 5) is 25.4. The second kappa shape index (κ2) is 11.3. The van der Waals surface area contributed by atoms with Crippen molar-refractivity contribution >= 4 is 128 Å². The van der Waals surface area contributed by atoms with Crippen LogP contribution in [0, 0.1) is 5.92 Å². The molecule has 3 aromatic carbocycles. The number of rotatable bonds is 6. The third-order valence-electron chi connectivity index (χ3n) is 5.36. The van der Waals surface area contributed by atoms with Crippen molar-refractivity contribution in [1.82, 2.24) is 0 Å². The highest BCUT2D eigenvalue weighted by molar-refractivity contribution is 6.57. The van der Waals surface area contributed by atoms with Crippen LogP contribution in [0.5, 0.6) is 0 Å². The minimum absolute atomic E-state index is 0.0105. The van der Waals surface area contributed by atoms with Crippen molar-refractivity contribution in [2.75, 3.05) is 0 Å². The molecule has 0 aliphatic heterocycles. The zero-order valence-electron chi connectivity index (χ0n) is 17.0. The van der Waals surface area contributed by atoms with Crippen molar-refractivity contribution in [1.29, 1.82) is 0 Å². The van der Waals surface area contributed by atoms with E-state index in [0.29, 0.717) is 0 Å². The summed E-state index contributed by atoms with van der Waals surface area (Å²) in [7, 11) is 0. The van der Waals surface area contributed by atoms with E-state index in [-0.39, 0.29) is 46.8 Å². The summed E-state index contributed by atoms with van der Waals surface area (Å²) in [5.41, 5.74) is -3.16. The van der Waals surface area contributed by atoms with Crippen molar-refractivity contribution in [3.05, 3.63) is 97.2 Å². The van der Waals surface area contributed by atoms with Gasteiger partial charge in [-0.3, -0.25) is 9.59 Å². The maximum Gasteiger partial charge on any atom is 0.319 e. The number of aliphatic carboxylic acids is 2. The lowest BCUT2D eigenvalue weighted by Crippen LogP contribution is -2.47. The van der Waals surface area contributed by atoms with E-state index in [1.807, 2.05) is 0 Å². The molecule has 3 rings (SSSR count). The fraction of sp³-hybridized carbons (Fsp3) is 0.0909. The van der Waals surface area contributed by atoms with Crippen molar-refractivity contribution < 1.29 is 19.8 Å². The van der Waals surface area contributed by atoms with E-state index in [0.717, 1.165) is 0 Å². The maximum atomic E-state index is 12.7. The van der Waals surface area contributed by atoms with Gasteiger partial charge in [-0.15, -0.1) is 0 Å². The van der Waals surface area contributed by atoms with Crippen LogP contribution in [-0.4, -0.2) is 22.2 Å². The van der Waals surface area contributed by atoms with Crippen LogP contribution in [0.2, 0.25) is 50.2 Å². The van der Waals surface area contributed by atoms with E-state index in [1.165, 1.54) is 24.3 Å². The second-order valence-corrected chi connectivity index (χ2v) is 11.0. The number of carboxylic acid groups (broad SMARTS) is 2. The minimum Gasteiger partial charge on any atom is -0.481 e. The Morgan fingerprint density at radius 3 is 1.08 bits per heavy atom. The fourth-order valence-electron chi connectivity index (χ4n) is 3.95. The predicted octanol–water partition coefficient (Wildman–Crippen LogP) is 10.3. The summed E-state index contributed by atoms with van der Waals surface area (Å²) in [5, 5.41) is 17.0. The summed E-state index contributed by atoms with van der Waals surface area (Å²) in [6.07, 6.45) is 0. The molecule has 0 saturated carbocycles. The molecule has 0 amide bonds. The molecule has 190 valence electrons. The molecule has 0 heterocycles. The molecule has 2 N–H and O–H groups in total. The van der Waals surface area contributed by atoms with Crippen molar-refractivity contribution in [3.8, 4) is 0 Å². The SMILES string of the molecule is O=C(O)C(C(=O)O)C(c1ccccc1)(c1c(Cl)c(Cl)c(Cl)c(Cl)c1Cl)c1c(Cl)c(Cl)c(Cl)c(Cl)c1Cl. The Morgan fingerprint density at radius 2 is 0.806 bits per heavy atom. The largest absolute Gasteiger partial charge is 0.481 e. The summed E-state index contributed by atoms with van der Waals surface area (Å²) in [6.45, 7) is 0. The summed E-state index contributed by atoms with van der Waals surface area (Å²) >= 11 is 64.1. The van der Waals surface area contributed by atoms with Gasteiger partial charge in [-0.05, 0) is 5.56 Å². The molecule has 0 atom stereocenters. The number of hydrogen-bond donors (Lipinski definition) is 2. The molecule has 0 aliphatic rings. The van der Waals surface area contributed by atoms with E-state index >= 15 is 0 Å². The van der Waals surface area contributed by atoms with Gasteiger partial charge >= 0.3 is 11.9 Å². The quantitative estimate of drug-likeness (QED) is 0.117. The lowest BCUT2D eigenvalue weighted by Gasteiger charge is -2.41. The van der Waals surface area contributed by atoms with Gasteiger partial charge in [0.25, 0.3) is 0 Å². The molecule has 3 aromatic rings. The van der Waals surface area contributed by atoms with Crippen LogP contribution in [0.1, 0.15) is 16.7 Å². The Labute approximate surface area is 254 Å². The lowest BCUT2D eigenvalue weighted by atomic mass is 9.61. The van der Waals surface area contributed by atoms with Crippen molar-refractivity contribution in [2.45, 2.75) is 5.41 Å². The molecule has 0 bridgehead atoms. The van der Waals surface area contributed by atoms with Crippen LogP contribution in [-0.2, 0) is 15.0 Å². The third-order valence-corrected chi connectivity index (χ3v) is 9.92. The molecule has 36 heavy (non-hydrogen) atoms. The first-order chi connectivity index (χ1) is 16.7. The summed E-state index contributed by atoms with van der Waals surface area (Å²) in [5.74, 6) is -6.04. The molecule has 0 fully saturated rings. The van der Waals surface area contributed by atoms with Gasteiger partial charge in [-0.2, -0.15) is 0 Å². The molecule has 0 saturated heterocycles. The van der Waals surface area contributed by atoms with Crippen LogP contribution < -0.4 is 0 Å². The fourth-order valence-corrected chi connectivity index (χ4v) is 6.82. The molecule has 0 aromatic heterocycles. The van der Waals surface area contributed by atoms with E-state index < -0.39 is 43.4 Å². The van der Waals surface area contributed by atoms with Gasteiger partial charge in [0.2, 0.25) is 0 Å². The summed E-state index contributed by atoms with van der Waals surface area (Å²) in [6, 6.07) is 7.43. The smallest absolute Gasteiger partial charge is 0.319 e. The van der Waals surface area contributed by atoms with Crippen LogP contribution in [0.3, 0.4) is 0 Å². The molecule has 0 radical (unpaired) electrons. The van der Waals surface area contributed by atoms with E-state index in [1.54, 1.807) is 6.07 Å². The van der Waals surface area contributed by atoms with Gasteiger partial charge in [0, 0.05) is 11.1 Å². The Balaban J connectivity index is 2.86. The molecule has 0 unspecified atom stereocenters. The molecule has 0 spiro atoms. The standard InChI is InChI=1S/C22H8Cl10O4/c23-10-7(11(24)15(28)18(31)14(10)27)22(6-4-2-1-3-5-6,9(20(33)34)21(35)36)8-12(25)16(29)19(32)17(30)13(8)26/h1-5,9H,(H,33,34)(H,35,36). The topological polar surface area (TPSA) is 74.6 Å². The van der Waals surface area contributed by atoms with E-state index in [4.69, 9.17) is 116 Å². The predicted molar refractivity (Wildman–Crippen MR) is 148 cm³/mol. The third kappa shape index (κ3) is 4.62. The second-order valence-electron chi connectivity index (χ2n) is 7.17. The minimum atomic E-state index is -2.43. The molecular formula is C22H8Cl10O4. The molecule has 4 nitrogen and oxygen atoms in total. The Kier molecular flexibility index (Phi) is 9.44. The van der Waals surface area contributed by atoms with Crippen molar-refractivity contribution in [3.63, 3.8) is 0 Å². The monoisotopic (exact) mass is 686 g/mol. The molecule has 0 aliphatic carbocycles. The van der Waals surface area contributed by atoms with E-state index in [2.05, 4.69) is 0 Å². The van der Waals surface area contributed by atoms with Crippen LogP contribution in [0.4, 0.5) is 0 Å². The first kappa shape index (κ1) is 30.0.